The van der Waals surface area contributed by atoms with Crippen molar-refractivity contribution >= 4 is 17.8 Å². The summed E-state index contributed by atoms with van der Waals surface area (Å²) in [6, 6.07) is 0. The van der Waals surface area contributed by atoms with Gasteiger partial charge in [-0.3, -0.25) is 4.79 Å². The lowest BCUT2D eigenvalue weighted by Crippen LogP contribution is -2.32. The highest BCUT2D eigenvalue weighted by Crippen LogP contribution is 2.19. The topological polar surface area (TPSA) is 111 Å². The summed E-state index contributed by atoms with van der Waals surface area (Å²) in [5.74, 6) is 4.95. The third kappa shape index (κ3) is 29.2. The molecule has 1 amide bonds. The number of amides is 1. The van der Waals surface area contributed by atoms with Crippen molar-refractivity contribution in [2.75, 3.05) is 26.4 Å². The molecular formula is C48H81NO7. The monoisotopic (exact) mass is 784 g/mol. The Hall–Kier alpha value is -3.05. The summed E-state index contributed by atoms with van der Waals surface area (Å²) in [6.45, 7) is 9.50. The van der Waals surface area contributed by atoms with Crippen molar-refractivity contribution < 1.29 is 33.7 Å². The lowest BCUT2D eigenvalue weighted by atomic mass is 10.0. The average molecular weight is 784 g/mol. The van der Waals surface area contributed by atoms with Gasteiger partial charge in [0, 0.05) is 25.8 Å². The minimum Gasteiger partial charge on any atom is -0.511 e. The lowest BCUT2D eigenvalue weighted by molar-refractivity contribution is -0.135. The number of carbonyl (C=O) groups is 3. The van der Waals surface area contributed by atoms with Crippen LogP contribution in [0, 0.1) is 11.8 Å². The zero-order valence-corrected chi connectivity index (χ0v) is 36.3. The molecule has 320 valence electrons. The van der Waals surface area contributed by atoms with E-state index in [0.29, 0.717) is 13.2 Å². The van der Waals surface area contributed by atoms with E-state index in [1.165, 1.54) is 127 Å². The van der Waals surface area contributed by atoms with E-state index >= 15 is 0 Å². The maximum atomic E-state index is 12.7. The van der Waals surface area contributed by atoms with Gasteiger partial charge >= 0.3 is 12.1 Å². The average Bonchev–Trinajstić information content (AvgIpc) is 3.52. The van der Waals surface area contributed by atoms with Crippen LogP contribution in [0.25, 0.3) is 0 Å². The fourth-order valence-corrected chi connectivity index (χ4v) is 6.73. The Morgan fingerprint density at radius 1 is 0.732 bits per heavy atom. The molecule has 56 heavy (non-hydrogen) atoms. The first-order chi connectivity index (χ1) is 27.3. The molecule has 1 aliphatic heterocycles. The zero-order chi connectivity index (χ0) is 40.9. The Kier molecular flexibility index (Phi) is 33.0. The lowest BCUT2D eigenvalue weighted by Gasteiger charge is -2.18. The number of cyclic esters (lactones) is 1. The molecule has 0 bridgehead atoms. The predicted octanol–water partition coefficient (Wildman–Crippen LogP) is 12.9. The Balaban J connectivity index is 2.35. The highest BCUT2D eigenvalue weighted by molar-refractivity contribution is 6.22. The largest absolute Gasteiger partial charge is 0.511 e. The molecule has 0 spiro atoms. The fraction of sp³-hybridized carbons (Fsp3) is 0.771. The third-order valence-corrected chi connectivity index (χ3v) is 10.4. The Morgan fingerprint density at radius 2 is 1.27 bits per heavy atom. The van der Waals surface area contributed by atoms with E-state index in [9.17, 15) is 19.5 Å². The predicted molar refractivity (Wildman–Crippen MR) is 231 cm³/mol. The van der Waals surface area contributed by atoms with Gasteiger partial charge in [0.1, 0.15) is 17.4 Å². The van der Waals surface area contributed by atoms with Crippen LogP contribution in [0.3, 0.4) is 0 Å². The fourth-order valence-electron chi connectivity index (χ4n) is 6.73. The summed E-state index contributed by atoms with van der Waals surface area (Å²) in [5, 5.41) is 13.3. The number of aliphatic hydroxyl groups is 1. The SMILES string of the molecule is CCCCCCCCC#CCCCCCCCCNC(=O)OC(CCC(O)=C1C(=O)COC1=O)COCC=C(C)CCC=C(C)CCCCCCCCCCC. The number of aliphatic hydroxyl groups excluding tert-OH is 1. The van der Waals surface area contributed by atoms with E-state index in [4.69, 9.17) is 14.2 Å². The van der Waals surface area contributed by atoms with Crippen LogP contribution < -0.4 is 5.32 Å². The maximum absolute atomic E-state index is 12.7. The van der Waals surface area contributed by atoms with Crippen molar-refractivity contribution in [1.29, 1.82) is 0 Å². The highest BCUT2D eigenvalue weighted by Gasteiger charge is 2.32. The normalized spacial score (nSPS) is 14.7. The van der Waals surface area contributed by atoms with Crippen molar-refractivity contribution in [3.8, 4) is 11.8 Å². The van der Waals surface area contributed by atoms with Gasteiger partial charge in [-0.15, -0.1) is 11.8 Å². The van der Waals surface area contributed by atoms with Gasteiger partial charge in [0.25, 0.3) is 0 Å². The van der Waals surface area contributed by atoms with Crippen molar-refractivity contribution in [3.63, 3.8) is 0 Å². The van der Waals surface area contributed by atoms with Crippen LogP contribution in [-0.2, 0) is 23.8 Å². The number of esters is 1. The quantitative estimate of drug-likeness (QED) is 0.0125. The smallest absolute Gasteiger partial charge is 0.407 e. The van der Waals surface area contributed by atoms with Gasteiger partial charge in [-0.1, -0.05) is 146 Å². The summed E-state index contributed by atoms with van der Waals surface area (Å²) in [5.41, 5.74) is 2.38. The number of rotatable bonds is 35. The number of hydrogen-bond donors (Lipinski definition) is 2. The van der Waals surface area contributed by atoms with E-state index < -0.39 is 23.9 Å². The molecule has 8 heteroatoms. The van der Waals surface area contributed by atoms with Crippen LogP contribution >= 0.6 is 0 Å². The molecule has 8 nitrogen and oxygen atoms in total. The van der Waals surface area contributed by atoms with Gasteiger partial charge in [0.05, 0.1) is 13.2 Å². The van der Waals surface area contributed by atoms with E-state index in [-0.39, 0.29) is 37.4 Å². The standard InChI is InChI=1S/C48H81NO7/c1-5-7-9-11-13-15-16-17-18-19-20-21-23-25-27-29-37-49-48(53)56-43(34-35-44(50)46-45(51)40-55-47(46)52)39-54-38-36-42(4)33-30-32-41(3)31-28-26-24-22-14-12-10-8-6-2/h32,36,43,50H,5-16,19-31,33-35,37-40H2,1-4H3,(H,49,53). The molecule has 1 saturated heterocycles. The number of ether oxygens (including phenoxy) is 3. The van der Waals surface area contributed by atoms with E-state index in [1.54, 1.807) is 0 Å². The van der Waals surface area contributed by atoms with E-state index in [1.807, 2.05) is 0 Å². The Labute approximate surface area is 342 Å². The van der Waals surface area contributed by atoms with Crippen molar-refractivity contribution in [3.05, 3.63) is 34.6 Å². The van der Waals surface area contributed by atoms with Crippen LogP contribution in [-0.4, -0.2) is 55.4 Å². The molecule has 0 saturated carbocycles. The van der Waals surface area contributed by atoms with Crippen molar-refractivity contribution in [1.82, 2.24) is 5.32 Å². The number of carbonyl (C=O) groups excluding carboxylic acids is 3. The molecular weight excluding hydrogens is 703 g/mol. The molecule has 1 unspecified atom stereocenters. The first-order valence-electron chi connectivity index (χ1n) is 22.7. The number of alkyl carbamates (subject to hydrolysis) is 1. The second kappa shape index (κ2) is 36.3. The molecule has 2 N–H and O–H groups in total. The Morgan fingerprint density at radius 3 is 1.84 bits per heavy atom. The number of allylic oxidation sites excluding steroid dienone is 4. The number of nitrogens with one attached hydrogen (secondary N) is 1. The van der Waals surface area contributed by atoms with Crippen LogP contribution in [0.5, 0.6) is 0 Å². The summed E-state index contributed by atoms with van der Waals surface area (Å²) in [4.78, 5) is 36.5. The molecule has 0 aromatic heterocycles. The third-order valence-electron chi connectivity index (χ3n) is 10.4. The van der Waals surface area contributed by atoms with Gasteiger partial charge in [0.15, 0.2) is 6.61 Å². The zero-order valence-electron chi connectivity index (χ0n) is 36.3. The number of hydrogen-bond acceptors (Lipinski definition) is 7. The van der Waals surface area contributed by atoms with Gasteiger partial charge in [-0.2, -0.15) is 0 Å². The number of Topliss-reactive ketones (excluding diaryl/α,β-unsaturated/α-hetero) is 1. The summed E-state index contributed by atoms with van der Waals surface area (Å²) < 4.78 is 16.3. The molecule has 1 fully saturated rings. The van der Waals surface area contributed by atoms with Gasteiger partial charge in [-0.05, 0) is 65.2 Å². The molecule has 1 aliphatic rings. The number of unbranched alkanes of at least 4 members (excludes halogenated alkanes) is 20. The highest BCUT2D eigenvalue weighted by atomic mass is 16.6. The van der Waals surface area contributed by atoms with E-state index in [0.717, 1.165) is 51.4 Å². The maximum Gasteiger partial charge on any atom is 0.407 e. The van der Waals surface area contributed by atoms with Crippen LogP contribution in [0.15, 0.2) is 34.6 Å². The minimum atomic E-state index is -0.819. The second-order valence-electron chi connectivity index (χ2n) is 15.8. The first-order valence-corrected chi connectivity index (χ1v) is 22.7. The molecule has 1 atom stereocenters. The molecule has 0 aliphatic carbocycles. The van der Waals surface area contributed by atoms with E-state index in [2.05, 4.69) is 57.0 Å². The summed E-state index contributed by atoms with van der Waals surface area (Å²) >= 11 is 0. The van der Waals surface area contributed by atoms with Crippen LogP contribution in [0.2, 0.25) is 0 Å². The molecule has 0 aromatic carbocycles. The van der Waals surface area contributed by atoms with Crippen molar-refractivity contribution in [2.24, 2.45) is 0 Å². The minimum absolute atomic E-state index is 0.0121. The summed E-state index contributed by atoms with van der Waals surface area (Å²) in [7, 11) is 0. The molecule has 0 radical (unpaired) electrons. The van der Waals surface area contributed by atoms with Crippen molar-refractivity contribution in [2.45, 2.75) is 214 Å². The Bertz CT molecular complexity index is 1190. The van der Waals surface area contributed by atoms with Crippen LogP contribution in [0.4, 0.5) is 4.79 Å². The number of ketones is 1. The summed E-state index contributed by atoms with van der Waals surface area (Å²) in [6.07, 6.45) is 35.0. The van der Waals surface area contributed by atoms with Gasteiger partial charge < -0.3 is 24.6 Å². The molecule has 0 aromatic rings. The molecule has 1 heterocycles. The van der Waals surface area contributed by atoms with Crippen LogP contribution in [0.1, 0.15) is 207 Å². The van der Waals surface area contributed by atoms with Gasteiger partial charge in [-0.25, -0.2) is 9.59 Å². The first kappa shape index (κ1) is 51.0. The van der Waals surface area contributed by atoms with Gasteiger partial charge in [0.2, 0.25) is 5.78 Å². The second-order valence-corrected chi connectivity index (χ2v) is 15.8. The molecule has 1 rings (SSSR count).